The van der Waals surface area contributed by atoms with E-state index in [0.29, 0.717) is 11.7 Å². The number of hydrogen-bond donors (Lipinski definition) is 1. The summed E-state index contributed by atoms with van der Waals surface area (Å²) in [6, 6.07) is 2.06. The van der Waals surface area contributed by atoms with Gasteiger partial charge in [0, 0.05) is 12.1 Å². The second-order valence-electron chi connectivity index (χ2n) is 5.81. The average molecular weight is 333 g/mol. The lowest BCUT2D eigenvalue weighted by Crippen LogP contribution is -2.17. The Hall–Kier alpha value is -1.82. The molecule has 1 aromatic heterocycles. The number of carbonyl (C=O) groups is 1. The molecule has 0 unspecified atom stereocenters. The lowest BCUT2D eigenvalue weighted by Gasteiger charge is -2.14. The van der Waals surface area contributed by atoms with Gasteiger partial charge in [-0.3, -0.25) is 9.36 Å². The normalized spacial score (nSPS) is 11.0. The highest BCUT2D eigenvalue weighted by Gasteiger charge is 2.17. The summed E-state index contributed by atoms with van der Waals surface area (Å²) in [6.45, 7) is 10.7. The van der Waals surface area contributed by atoms with Gasteiger partial charge in [0.2, 0.25) is 0 Å². The summed E-state index contributed by atoms with van der Waals surface area (Å²) >= 11 is 1.31. The van der Waals surface area contributed by atoms with E-state index in [9.17, 15) is 9.59 Å². The molecule has 0 amide bonds. The first kappa shape index (κ1) is 17.5. The van der Waals surface area contributed by atoms with Crippen LogP contribution in [0.15, 0.2) is 16.0 Å². The molecule has 0 bridgehead atoms. The molecule has 23 heavy (non-hydrogen) atoms. The number of thioether (sulfide) groups is 1. The minimum absolute atomic E-state index is 0.0756. The summed E-state index contributed by atoms with van der Waals surface area (Å²) < 4.78 is 1.58. The number of nitrogens with zero attached hydrogens (tertiary/aromatic N) is 2. The molecule has 0 aliphatic rings. The molecule has 1 N–H and O–H groups in total. The van der Waals surface area contributed by atoms with Crippen LogP contribution in [0.25, 0.3) is 0 Å². The van der Waals surface area contributed by atoms with Crippen LogP contribution in [0.4, 0.5) is 0 Å². The van der Waals surface area contributed by atoms with E-state index in [0.717, 1.165) is 28.7 Å². The number of hydrogen-bond acceptors (Lipinski definition) is 4. The lowest BCUT2D eigenvalue weighted by molar-refractivity contribution is 0.102. The zero-order valence-electron chi connectivity index (χ0n) is 14.3. The van der Waals surface area contributed by atoms with Gasteiger partial charge in [-0.2, -0.15) is 0 Å². The number of ketones is 1. The molecule has 5 nitrogen and oxygen atoms in total. The maximum atomic E-state index is 12.7. The van der Waals surface area contributed by atoms with Crippen LogP contribution in [0.5, 0.6) is 0 Å². The number of Topliss-reactive ketones (excluding diaryl/α,β-unsaturated/α-hetero) is 1. The third kappa shape index (κ3) is 3.58. The Balaban J connectivity index is 2.21. The van der Waals surface area contributed by atoms with Gasteiger partial charge in [-0.15, -0.1) is 5.10 Å². The number of rotatable bonds is 6. The van der Waals surface area contributed by atoms with Crippen LogP contribution in [-0.2, 0) is 6.54 Å². The Morgan fingerprint density at radius 2 is 1.91 bits per heavy atom. The zero-order valence-corrected chi connectivity index (χ0v) is 15.1. The summed E-state index contributed by atoms with van der Waals surface area (Å²) in [5.74, 6) is 0.352. The van der Waals surface area contributed by atoms with Crippen molar-refractivity contribution in [3.63, 3.8) is 0 Å². The predicted octanol–water partition coefficient (Wildman–Crippen LogP) is 3.19. The molecule has 124 valence electrons. The van der Waals surface area contributed by atoms with Gasteiger partial charge in [0.25, 0.3) is 0 Å². The van der Waals surface area contributed by atoms with Crippen LogP contribution < -0.4 is 5.69 Å². The van der Waals surface area contributed by atoms with Gasteiger partial charge >= 0.3 is 5.69 Å². The Bertz CT molecular complexity index is 790. The number of H-pyrrole nitrogens is 1. The molecular formula is C17H23N3O2S. The van der Waals surface area contributed by atoms with Crippen LogP contribution in [0.2, 0.25) is 0 Å². The molecule has 0 saturated carbocycles. The van der Waals surface area contributed by atoms with Crippen molar-refractivity contribution < 1.29 is 4.79 Å². The maximum absolute atomic E-state index is 12.7. The van der Waals surface area contributed by atoms with E-state index in [1.807, 2.05) is 27.7 Å². The Morgan fingerprint density at radius 1 is 1.22 bits per heavy atom. The van der Waals surface area contributed by atoms with Crippen LogP contribution in [0.3, 0.4) is 0 Å². The van der Waals surface area contributed by atoms with E-state index in [-0.39, 0.29) is 17.2 Å². The summed E-state index contributed by atoms with van der Waals surface area (Å²) in [6.07, 6.45) is 0.844. The predicted molar refractivity (Wildman–Crippen MR) is 93.6 cm³/mol. The van der Waals surface area contributed by atoms with Crippen molar-refractivity contribution in [2.24, 2.45) is 0 Å². The second-order valence-corrected chi connectivity index (χ2v) is 6.75. The molecular weight excluding hydrogens is 310 g/mol. The van der Waals surface area contributed by atoms with E-state index < -0.39 is 0 Å². The van der Waals surface area contributed by atoms with E-state index >= 15 is 0 Å². The topological polar surface area (TPSA) is 67.8 Å². The fraction of sp³-hybridized carbons (Fsp3) is 0.471. The van der Waals surface area contributed by atoms with E-state index in [1.54, 1.807) is 4.57 Å². The molecule has 0 spiro atoms. The number of aromatic amines is 1. The number of nitrogens with one attached hydrogen (secondary N) is 1. The lowest BCUT2D eigenvalue weighted by atomic mass is 9.92. The van der Waals surface area contributed by atoms with Crippen LogP contribution in [0.1, 0.15) is 46.0 Å². The molecule has 0 fully saturated rings. The molecule has 2 rings (SSSR count). The smallest absolute Gasteiger partial charge is 0.293 e. The van der Waals surface area contributed by atoms with Crippen molar-refractivity contribution in [1.82, 2.24) is 14.8 Å². The average Bonchev–Trinajstić information content (AvgIpc) is 2.84. The molecule has 0 saturated heterocycles. The zero-order chi connectivity index (χ0) is 17.1. The van der Waals surface area contributed by atoms with Crippen LogP contribution >= 0.6 is 11.8 Å². The standard InChI is InChI=1S/C17H23N3O2S/c1-6-7-20-16(22)18-19-17(20)23-9-14(21)15-11(3)8-10(2)12(4)13(15)5/h8H,6-7,9H2,1-5H3,(H,18,22). The summed E-state index contributed by atoms with van der Waals surface area (Å²) in [4.78, 5) is 24.3. The molecule has 0 atom stereocenters. The number of benzene rings is 1. The van der Waals surface area contributed by atoms with E-state index in [4.69, 9.17) is 0 Å². The highest BCUT2D eigenvalue weighted by molar-refractivity contribution is 7.99. The molecule has 0 radical (unpaired) electrons. The van der Waals surface area contributed by atoms with Crippen molar-refractivity contribution in [3.8, 4) is 0 Å². The first-order valence-electron chi connectivity index (χ1n) is 7.75. The van der Waals surface area contributed by atoms with Crippen molar-refractivity contribution in [3.05, 3.63) is 44.4 Å². The SMILES string of the molecule is CCCn1c(SCC(=O)c2c(C)cc(C)c(C)c2C)n[nH]c1=O. The van der Waals surface area contributed by atoms with E-state index in [1.165, 1.54) is 17.3 Å². The third-order valence-electron chi connectivity index (χ3n) is 4.14. The van der Waals surface area contributed by atoms with Gasteiger partial charge in [-0.25, -0.2) is 9.89 Å². The summed E-state index contributed by atoms with van der Waals surface area (Å²) in [5.41, 5.74) is 4.98. The largest absolute Gasteiger partial charge is 0.343 e. The third-order valence-corrected chi connectivity index (χ3v) is 5.11. The first-order chi connectivity index (χ1) is 10.9. The molecule has 1 heterocycles. The quantitative estimate of drug-likeness (QED) is 0.651. The number of aryl methyl sites for hydroxylation is 2. The van der Waals surface area contributed by atoms with Gasteiger partial charge in [0.1, 0.15) is 0 Å². The highest BCUT2D eigenvalue weighted by atomic mass is 32.2. The minimum Gasteiger partial charge on any atom is -0.293 e. The summed E-state index contributed by atoms with van der Waals surface area (Å²) in [7, 11) is 0. The molecule has 0 aliphatic heterocycles. The van der Waals surface area contributed by atoms with Crippen molar-refractivity contribution in [2.45, 2.75) is 52.7 Å². The van der Waals surface area contributed by atoms with Crippen molar-refractivity contribution in [2.75, 3.05) is 5.75 Å². The van der Waals surface area contributed by atoms with Gasteiger partial charge in [-0.1, -0.05) is 24.8 Å². The van der Waals surface area contributed by atoms with Gasteiger partial charge in [-0.05, 0) is 56.4 Å². The Morgan fingerprint density at radius 3 is 2.57 bits per heavy atom. The van der Waals surface area contributed by atoms with Gasteiger partial charge < -0.3 is 0 Å². The molecule has 6 heteroatoms. The maximum Gasteiger partial charge on any atom is 0.343 e. The fourth-order valence-electron chi connectivity index (χ4n) is 2.75. The second kappa shape index (κ2) is 7.17. The Labute approximate surface area is 140 Å². The number of aromatic nitrogens is 3. The first-order valence-corrected chi connectivity index (χ1v) is 8.74. The Kier molecular flexibility index (Phi) is 5.46. The van der Waals surface area contributed by atoms with Crippen LogP contribution in [0, 0.1) is 27.7 Å². The highest BCUT2D eigenvalue weighted by Crippen LogP contribution is 2.24. The molecule has 2 aromatic rings. The summed E-state index contributed by atoms with van der Waals surface area (Å²) in [5, 5.41) is 7.04. The van der Waals surface area contributed by atoms with Crippen molar-refractivity contribution >= 4 is 17.5 Å². The molecule has 0 aliphatic carbocycles. The molecule has 1 aromatic carbocycles. The van der Waals surface area contributed by atoms with E-state index in [2.05, 4.69) is 23.2 Å². The van der Waals surface area contributed by atoms with Gasteiger partial charge in [0.15, 0.2) is 10.9 Å². The monoisotopic (exact) mass is 333 g/mol. The van der Waals surface area contributed by atoms with Gasteiger partial charge in [0.05, 0.1) is 5.75 Å². The van der Waals surface area contributed by atoms with Crippen molar-refractivity contribution in [1.29, 1.82) is 0 Å². The minimum atomic E-state index is -0.222. The number of carbonyl (C=O) groups excluding carboxylic acids is 1. The van der Waals surface area contributed by atoms with Crippen LogP contribution in [-0.4, -0.2) is 26.3 Å². The fourth-order valence-corrected chi connectivity index (χ4v) is 3.59.